The third kappa shape index (κ3) is 16.3. The predicted molar refractivity (Wildman–Crippen MR) is 263 cm³/mol. The molecular weight excluding hydrogens is 981 g/mol. The van der Waals surface area contributed by atoms with Crippen molar-refractivity contribution in [3.8, 4) is 0 Å². The first-order valence-corrected chi connectivity index (χ1v) is 23.8. The number of esters is 1. The minimum atomic E-state index is -0.841. The minimum absolute atomic E-state index is 0.0332. The lowest BCUT2D eigenvalue weighted by molar-refractivity contribution is -0.385. The van der Waals surface area contributed by atoms with E-state index in [1.54, 1.807) is 59.7 Å². The first-order valence-electron chi connectivity index (χ1n) is 23.8. The van der Waals surface area contributed by atoms with Crippen molar-refractivity contribution in [3.05, 3.63) is 152 Å². The monoisotopic (exact) mass is 1040 g/mol. The molecule has 4 aromatic carbocycles. The summed E-state index contributed by atoms with van der Waals surface area (Å²) in [5.74, 6) is -0.714. The zero-order chi connectivity index (χ0) is 55.0. The van der Waals surface area contributed by atoms with Gasteiger partial charge in [0.2, 0.25) is 0 Å². The number of hydrogen-bond donors (Lipinski definition) is 1. The molecule has 4 aliphatic rings. The molecule has 0 spiro atoms. The number of rotatable bonds is 8. The zero-order valence-electron chi connectivity index (χ0n) is 42.3. The molecule has 1 N–H and O–H groups in total. The van der Waals surface area contributed by atoms with Crippen molar-refractivity contribution in [2.24, 2.45) is 0 Å². The quantitative estimate of drug-likeness (QED) is 0.0771. The van der Waals surface area contributed by atoms with Crippen LogP contribution in [0.15, 0.2) is 115 Å². The van der Waals surface area contributed by atoms with E-state index in [2.05, 4.69) is 0 Å². The van der Waals surface area contributed by atoms with E-state index in [1.165, 1.54) is 56.0 Å². The molecule has 4 saturated heterocycles. The number of carbonyl (C=O) groups is 5. The number of nitrogens with zero attached hydrogens (tertiary/aromatic N) is 6. The van der Waals surface area contributed by atoms with Gasteiger partial charge in [-0.05, 0) is 77.6 Å². The largest absolute Gasteiger partial charge is 0.455 e. The summed E-state index contributed by atoms with van der Waals surface area (Å²) in [4.78, 5) is 106. The first-order chi connectivity index (χ1) is 35.5. The Kier molecular flexibility index (Phi) is 19.9. The highest BCUT2D eigenvalue weighted by Crippen LogP contribution is 2.36. The van der Waals surface area contributed by atoms with Crippen LogP contribution in [0.2, 0.25) is 0 Å². The Labute approximate surface area is 432 Å². The highest BCUT2D eigenvalue weighted by molar-refractivity contribution is 5.90. The van der Waals surface area contributed by atoms with Crippen LogP contribution in [-0.2, 0) is 46.5 Å². The molecule has 4 heterocycles. The van der Waals surface area contributed by atoms with Crippen LogP contribution in [0.4, 0.5) is 30.6 Å². The second kappa shape index (κ2) is 26.0. The van der Waals surface area contributed by atoms with Gasteiger partial charge in [0.1, 0.15) is 30.5 Å². The number of β-amino-alcohol motifs (C(OH)–C–C–N with tert-alkyl or cyclic N) is 1. The van der Waals surface area contributed by atoms with Gasteiger partial charge in [-0.3, -0.25) is 30.0 Å². The molecule has 0 saturated carbocycles. The van der Waals surface area contributed by atoms with E-state index in [4.69, 9.17) is 33.3 Å². The molecular formula is C52H60N6O17. The molecule has 0 aliphatic carbocycles. The molecule has 75 heavy (non-hydrogen) atoms. The Bertz CT molecular complexity index is 2620. The number of likely N-dealkylation sites (tertiary alicyclic amines) is 4. The SMILES string of the molecule is CC(C)(C)OC(=O)N1C[C@@H](O)[C@@H]2[C@H]1CCN2C(=O)OCc1ccccc1.CC(C)(C)OC(=O)N1C[C@H](OC(=O)c2ccc([N+](=O)[O-])cc2)[C@@H]2[C@H]1CCN2C(=O)OCc1ccccc1.O=C=O.O=[N+]([O-])c1ccccc1. The highest BCUT2D eigenvalue weighted by atomic mass is 16.6. The maximum atomic E-state index is 13.0. The second-order valence-electron chi connectivity index (χ2n) is 19.4. The Balaban J connectivity index is 0.000000235. The number of aliphatic hydroxyl groups excluding tert-OH is 1. The van der Waals surface area contributed by atoms with E-state index >= 15 is 0 Å². The second-order valence-corrected chi connectivity index (χ2v) is 19.4. The van der Waals surface area contributed by atoms with E-state index in [0.29, 0.717) is 25.9 Å². The van der Waals surface area contributed by atoms with E-state index in [9.17, 15) is 49.3 Å². The van der Waals surface area contributed by atoms with Gasteiger partial charge in [0, 0.05) is 37.4 Å². The molecule has 4 aromatic rings. The standard InChI is InChI=1S/C26H29N3O8.C19H26N2O5.C6H5NO2.CO2/c1-26(2,3)37-25(32)28-15-21(36-23(30)18-9-11-19(12-10-18)29(33)34)22-20(28)13-14-27(22)24(31)35-16-17-7-5-4-6-8-17;1-19(2,3)26-18(24)21-11-15(22)16-14(21)9-10-20(16)17(23)25-12-13-7-5-4-6-8-13;8-7(9)6-4-2-1-3-5-6;2-1-3/h4-12,20-22H,13-16H2,1-3H3;4-8,14-16,22H,9-12H2,1-3H3;1-5H;/t20-,21+,22+;14-,15-,16+;;/m11../s1. The van der Waals surface area contributed by atoms with Crippen LogP contribution in [-0.4, -0.2) is 145 Å². The summed E-state index contributed by atoms with van der Waals surface area (Å²) >= 11 is 0. The van der Waals surface area contributed by atoms with Gasteiger partial charge < -0.3 is 38.6 Å². The number of nitro benzene ring substituents is 2. The Morgan fingerprint density at radius 3 is 1.37 bits per heavy atom. The van der Waals surface area contributed by atoms with Crippen molar-refractivity contribution >= 4 is 47.9 Å². The number of benzene rings is 4. The van der Waals surface area contributed by atoms with E-state index in [0.717, 1.165) is 11.1 Å². The maximum absolute atomic E-state index is 13.0. The van der Waals surface area contributed by atoms with Crippen molar-refractivity contribution in [2.45, 2.75) is 115 Å². The van der Waals surface area contributed by atoms with Crippen LogP contribution in [0.25, 0.3) is 0 Å². The summed E-state index contributed by atoms with van der Waals surface area (Å²) < 4.78 is 27.6. The fourth-order valence-electron chi connectivity index (χ4n) is 8.75. The molecule has 400 valence electrons. The zero-order valence-corrected chi connectivity index (χ0v) is 42.3. The van der Waals surface area contributed by atoms with Crippen LogP contribution in [0, 0.1) is 20.2 Å². The Hall–Kier alpha value is -8.43. The lowest BCUT2D eigenvalue weighted by Crippen LogP contribution is -2.46. The van der Waals surface area contributed by atoms with Gasteiger partial charge in [-0.15, -0.1) is 0 Å². The van der Waals surface area contributed by atoms with Gasteiger partial charge in [0.25, 0.3) is 11.4 Å². The number of nitro groups is 2. The summed E-state index contributed by atoms with van der Waals surface area (Å²) in [7, 11) is 0. The van der Waals surface area contributed by atoms with Crippen molar-refractivity contribution in [1.82, 2.24) is 19.6 Å². The van der Waals surface area contributed by atoms with Crippen molar-refractivity contribution in [3.63, 3.8) is 0 Å². The third-order valence-electron chi connectivity index (χ3n) is 11.9. The number of aliphatic hydroxyl groups is 1. The van der Waals surface area contributed by atoms with Gasteiger partial charge in [-0.25, -0.2) is 24.0 Å². The van der Waals surface area contributed by atoms with Crippen LogP contribution in [0.5, 0.6) is 0 Å². The van der Waals surface area contributed by atoms with Crippen LogP contribution < -0.4 is 0 Å². The first kappa shape index (κ1) is 57.5. The minimum Gasteiger partial charge on any atom is -0.455 e. The van der Waals surface area contributed by atoms with E-state index in [-0.39, 0.29) is 55.4 Å². The van der Waals surface area contributed by atoms with Crippen molar-refractivity contribution < 1.29 is 72.2 Å². The van der Waals surface area contributed by atoms with E-state index in [1.807, 2.05) is 60.7 Å². The van der Waals surface area contributed by atoms with Crippen molar-refractivity contribution in [2.75, 3.05) is 26.2 Å². The van der Waals surface area contributed by atoms with Gasteiger partial charge in [0.15, 0.2) is 0 Å². The topological polar surface area (TPSA) is 285 Å². The third-order valence-corrected chi connectivity index (χ3v) is 11.9. The number of non-ortho nitro benzene ring substituents is 2. The molecule has 23 heteroatoms. The lowest BCUT2D eigenvalue weighted by Gasteiger charge is -2.28. The van der Waals surface area contributed by atoms with E-state index < -0.39 is 81.7 Å². The molecule has 0 radical (unpaired) electrons. The maximum Gasteiger partial charge on any atom is 0.410 e. The molecule has 0 bridgehead atoms. The van der Waals surface area contributed by atoms with Crippen LogP contribution in [0.1, 0.15) is 75.9 Å². The fourth-order valence-corrected chi connectivity index (χ4v) is 8.75. The number of fused-ring (bicyclic) bond motifs is 2. The number of para-hydroxylation sites is 1. The van der Waals surface area contributed by atoms with Gasteiger partial charge in [0.05, 0.1) is 58.8 Å². The highest BCUT2D eigenvalue weighted by Gasteiger charge is 2.55. The Morgan fingerprint density at radius 2 is 0.960 bits per heavy atom. The summed E-state index contributed by atoms with van der Waals surface area (Å²) in [6, 6.07) is 29.9. The molecule has 6 atom stereocenters. The van der Waals surface area contributed by atoms with Gasteiger partial charge >= 0.3 is 36.5 Å². The Morgan fingerprint density at radius 1 is 0.573 bits per heavy atom. The van der Waals surface area contributed by atoms with Crippen molar-refractivity contribution in [1.29, 1.82) is 0 Å². The molecule has 0 unspecified atom stereocenters. The summed E-state index contributed by atoms with van der Waals surface area (Å²) in [6.07, 6.45) is -2.38. The molecule has 23 nitrogen and oxygen atoms in total. The number of hydrogen-bond acceptors (Lipinski definition) is 17. The fraction of sp³-hybridized carbons (Fsp3) is 0.423. The van der Waals surface area contributed by atoms with Gasteiger partial charge in [-0.1, -0.05) is 78.9 Å². The number of amides is 4. The predicted octanol–water partition coefficient (Wildman–Crippen LogP) is 7.54. The number of ether oxygens (including phenoxy) is 5. The number of carbonyl (C=O) groups excluding carboxylic acids is 7. The normalized spacial score (nSPS) is 20.1. The summed E-state index contributed by atoms with van der Waals surface area (Å²) in [6.45, 7) is 11.9. The summed E-state index contributed by atoms with van der Waals surface area (Å²) in [5, 5.41) is 31.3. The smallest absolute Gasteiger partial charge is 0.410 e. The summed E-state index contributed by atoms with van der Waals surface area (Å²) in [5.41, 5.74) is 0.497. The average molecular weight is 1040 g/mol. The average Bonchev–Trinajstić information content (AvgIpc) is 4.16. The van der Waals surface area contributed by atoms with Crippen LogP contribution >= 0.6 is 0 Å². The van der Waals surface area contributed by atoms with Gasteiger partial charge in [-0.2, -0.15) is 9.59 Å². The molecule has 8 rings (SSSR count). The molecule has 4 aliphatic heterocycles. The molecule has 4 fully saturated rings. The molecule has 4 amide bonds. The van der Waals surface area contributed by atoms with Crippen LogP contribution in [0.3, 0.4) is 0 Å². The lowest BCUT2D eigenvalue weighted by atomic mass is 10.1. The molecule has 0 aromatic heterocycles.